The number of nitrogens with one attached hydrogen (secondary N) is 1. The van der Waals surface area contributed by atoms with Crippen molar-refractivity contribution in [2.45, 2.75) is 25.7 Å². The molecule has 0 bridgehead atoms. The van der Waals surface area contributed by atoms with Gasteiger partial charge in [-0.3, -0.25) is 0 Å². The van der Waals surface area contributed by atoms with Crippen molar-refractivity contribution in [1.29, 1.82) is 5.26 Å². The average Bonchev–Trinajstić information content (AvgIpc) is 2.56. The fraction of sp³-hybridized carbons (Fsp3) is 0.278. The van der Waals surface area contributed by atoms with Gasteiger partial charge in [0.15, 0.2) is 6.10 Å². The molecule has 0 aliphatic rings. The van der Waals surface area contributed by atoms with Gasteiger partial charge in [-0.25, -0.2) is 8.78 Å². The van der Waals surface area contributed by atoms with Gasteiger partial charge in [0.2, 0.25) is 0 Å². The van der Waals surface area contributed by atoms with Crippen LogP contribution in [0.2, 0.25) is 0 Å². The Hall–Kier alpha value is -2.49. The van der Waals surface area contributed by atoms with Crippen LogP contribution in [-0.2, 0) is 6.54 Å². The van der Waals surface area contributed by atoms with Crippen LogP contribution in [0.25, 0.3) is 0 Å². The molecule has 0 aromatic heterocycles. The SMILES string of the molecule is CC(C#N)Oc1ccc(CNCC(O)c2c(F)cccc2F)cc1. The molecule has 2 N–H and O–H groups in total. The molecule has 0 saturated carbocycles. The molecule has 126 valence electrons. The lowest BCUT2D eigenvalue weighted by atomic mass is 10.1. The van der Waals surface area contributed by atoms with Crippen LogP contribution < -0.4 is 10.1 Å². The molecule has 24 heavy (non-hydrogen) atoms. The maximum absolute atomic E-state index is 13.6. The van der Waals surface area contributed by atoms with E-state index in [1.807, 2.05) is 18.2 Å². The first-order valence-corrected chi connectivity index (χ1v) is 7.49. The maximum atomic E-state index is 13.6. The molecule has 2 aromatic carbocycles. The molecule has 0 spiro atoms. The van der Waals surface area contributed by atoms with Gasteiger partial charge in [-0.2, -0.15) is 5.26 Å². The highest BCUT2D eigenvalue weighted by Gasteiger charge is 2.17. The van der Waals surface area contributed by atoms with Crippen LogP contribution in [0.5, 0.6) is 5.75 Å². The zero-order valence-electron chi connectivity index (χ0n) is 13.2. The van der Waals surface area contributed by atoms with Crippen molar-refractivity contribution in [3.63, 3.8) is 0 Å². The highest BCUT2D eigenvalue weighted by atomic mass is 19.1. The van der Waals surface area contributed by atoms with E-state index in [2.05, 4.69) is 5.32 Å². The first-order chi connectivity index (χ1) is 11.5. The van der Waals surface area contributed by atoms with E-state index in [1.54, 1.807) is 19.1 Å². The van der Waals surface area contributed by atoms with Gasteiger partial charge >= 0.3 is 0 Å². The minimum absolute atomic E-state index is 0.0154. The van der Waals surface area contributed by atoms with Crippen LogP contribution in [0.4, 0.5) is 8.78 Å². The highest BCUT2D eigenvalue weighted by molar-refractivity contribution is 5.28. The Labute approximate surface area is 139 Å². The lowest BCUT2D eigenvalue weighted by Gasteiger charge is -2.14. The van der Waals surface area contributed by atoms with Gasteiger partial charge in [0.1, 0.15) is 23.5 Å². The second-order valence-corrected chi connectivity index (χ2v) is 5.32. The van der Waals surface area contributed by atoms with E-state index in [0.29, 0.717) is 12.3 Å². The number of rotatable bonds is 7. The average molecular weight is 332 g/mol. The van der Waals surface area contributed by atoms with Crippen molar-refractivity contribution in [1.82, 2.24) is 5.32 Å². The largest absolute Gasteiger partial charge is 0.476 e. The first kappa shape index (κ1) is 17.9. The molecule has 0 radical (unpaired) electrons. The van der Waals surface area contributed by atoms with E-state index >= 15 is 0 Å². The standard InChI is InChI=1S/C18H18F2N2O2/c1-12(9-21)24-14-7-5-13(6-8-14)10-22-11-17(23)18-15(19)3-2-4-16(18)20/h2-8,12,17,22-23H,10-11H2,1H3. The second kappa shape index (κ2) is 8.39. The van der Waals surface area contributed by atoms with E-state index in [0.717, 1.165) is 17.7 Å². The summed E-state index contributed by atoms with van der Waals surface area (Å²) in [5, 5.41) is 21.6. The minimum Gasteiger partial charge on any atom is -0.476 e. The third kappa shape index (κ3) is 4.75. The van der Waals surface area contributed by atoms with Crippen molar-refractivity contribution in [2.24, 2.45) is 0 Å². The predicted molar refractivity (Wildman–Crippen MR) is 85.2 cm³/mol. The Morgan fingerprint density at radius 2 is 1.79 bits per heavy atom. The third-order valence-corrected chi connectivity index (χ3v) is 3.42. The Morgan fingerprint density at radius 3 is 2.38 bits per heavy atom. The summed E-state index contributed by atoms with van der Waals surface area (Å²) in [4.78, 5) is 0. The van der Waals surface area contributed by atoms with Gasteiger partial charge in [0, 0.05) is 13.1 Å². The monoisotopic (exact) mass is 332 g/mol. The fourth-order valence-corrected chi connectivity index (χ4v) is 2.20. The molecule has 2 aromatic rings. The Balaban J connectivity index is 1.87. The van der Waals surface area contributed by atoms with Gasteiger partial charge < -0.3 is 15.2 Å². The number of hydrogen-bond donors (Lipinski definition) is 2. The summed E-state index contributed by atoms with van der Waals surface area (Å²) in [5.41, 5.74) is 0.576. The van der Waals surface area contributed by atoms with Gasteiger partial charge in [-0.1, -0.05) is 18.2 Å². The molecule has 2 atom stereocenters. The normalized spacial score (nSPS) is 13.1. The Bertz CT molecular complexity index is 694. The summed E-state index contributed by atoms with van der Waals surface area (Å²) < 4.78 is 32.5. The van der Waals surface area contributed by atoms with Crippen LogP contribution in [-0.4, -0.2) is 17.8 Å². The zero-order chi connectivity index (χ0) is 17.5. The summed E-state index contributed by atoms with van der Waals surface area (Å²) >= 11 is 0. The second-order valence-electron chi connectivity index (χ2n) is 5.32. The predicted octanol–water partition coefficient (Wildman–Crippen LogP) is 3.08. The number of aliphatic hydroxyl groups excluding tert-OH is 1. The van der Waals surface area contributed by atoms with Gasteiger partial charge in [-0.05, 0) is 36.8 Å². The number of ether oxygens (including phenoxy) is 1. The van der Waals surface area contributed by atoms with Gasteiger partial charge in [0.05, 0.1) is 11.7 Å². The lowest BCUT2D eigenvalue weighted by molar-refractivity contribution is 0.164. The smallest absolute Gasteiger partial charge is 0.181 e. The Kier molecular flexibility index (Phi) is 6.24. The molecule has 2 rings (SSSR count). The summed E-state index contributed by atoms with van der Waals surface area (Å²) in [6, 6.07) is 12.5. The third-order valence-electron chi connectivity index (χ3n) is 3.42. The number of aliphatic hydroxyl groups is 1. The molecular weight excluding hydrogens is 314 g/mol. The molecule has 4 nitrogen and oxygen atoms in total. The maximum Gasteiger partial charge on any atom is 0.181 e. The molecule has 6 heteroatoms. The molecule has 0 aliphatic heterocycles. The Morgan fingerprint density at radius 1 is 1.17 bits per heavy atom. The van der Waals surface area contributed by atoms with Crippen molar-refractivity contribution in [3.8, 4) is 11.8 Å². The van der Waals surface area contributed by atoms with Gasteiger partial charge in [0.25, 0.3) is 0 Å². The molecule has 0 aliphatic carbocycles. The zero-order valence-corrected chi connectivity index (χ0v) is 13.2. The number of nitrogens with zero attached hydrogens (tertiary/aromatic N) is 1. The fourth-order valence-electron chi connectivity index (χ4n) is 2.20. The topological polar surface area (TPSA) is 65.3 Å². The molecular formula is C18H18F2N2O2. The van der Waals surface area contributed by atoms with Crippen LogP contribution in [0.3, 0.4) is 0 Å². The quantitative estimate of drug-likeness (QED) is 0.818. The van der Waals surface area contributed by atoms with E-state index in [1.165, 1.54) is 6.07 Å². The molecule has 2 unspecified atom stereocenters. The van der Waals surface area contributed by atoms with Crippen LogP contribution >= 0.6 is 0 Å². The van der Waals surface area contributed by atoms with E-state index in [9.17, 15) is 13.9 Å². The number of nitriles is 1. The van der Waals surface area contributed by atoms with Crippen molar-refractivity contribution < 1.29 is 18.6 Å². The molecule has 0 heterocycles. The van der Waals surface area contributed by atoms with E-state index in [4.69, 9.17) is 10.00 Å². The summed E-state index contributed by atoms with van der Waals surface area (Å²) in [6.07, 6.45) is -1.80. The summed E-state index contributed by atoms with van der Waals surface area (Å²) in [5.74, 6) is -0.948. The highest BCUT2D eigenvalue weighted by Crippen LogP contribution is 2.20. The van der Waals surface area contributed by atoms with E-state index in [-0.39, 0.29) is 12.1 Å². The number of benzene rings is 2. The molecule has 0 saturated heterocycles. The molecule has 0 fully saturated rings. The molecule has 0 amide bonds. The van der Waals surface area contributed by atoms with E-state index < -0.39 is 23.8 Å². The minimum atomic E-state index is -1.27. The van der Waals surface area contributed by atoms with Crippen molar-refractivity contribution >= 4 is 0 Å². The number of halogens is 2. The lowest BCUT2D eigenvalue weighted by Crippen LogP contribution is -2.22. The van der Waals surface area contributed by atoms with Crippen molar-refractivity contribution in [3.05, 3.63) is 65.2 Å². The summed E-state index contributed by atoms with van der Waals surface area (Å²) in [7, 11) is 0. The van der Waals surface area contributed by atoms with Crippen LogP contribution in [0, 0.1) is 23.0 Å². The van der Waals surface area contributed by atoms with Crippen LogP contribution in [0.1, 0.15) is 24.2 Å². The first-order valence-electron chi connectivity index (χ1n) is 7.49. The van der Waals surface area contributed by atoms with Crippen LogP contribution in [0.15, 0.2) is 42.5 Å². The van der Waals surface area contributed by atoms with Crippen molar-refractivity contribution in [2.75, 3.05) is 6.54 Å². The van der Waals surface area contributed by atoms with Gasteiger partial charge in [-0.15, -0.1) is 0 Å². The summed E-state index contributed by atoms with van der Waals surface area (Å²) in [6.45, 7) is 2.08. The number of hydrogen-bond acceptors (Lipinski definition) is 4.